The number of esters is 2. The van der Waals surface area contributed by atoms with Gasteiger partial charge in [-0.15, -0.1) is 11.6 Å². The molecular formula is C39H69ClO4. The van der Waals surface area contributed by atoms with Gasteiger partial charge in [-0.1, -0.05) is 134 Å². The first-order valence-corrected chi connectivity index (χ1v) is 18.4. The van der Waals surface area contributed by atoms with Crippen LogP contribution >= 0.6 is 11.6 Å². The molecule has 0 aromatic carbocycles. The van der Waals surface area contributed by atoms with Gasteiger partial charge in [-0.2, -0.15) is 0 Å². The molecule has 4 nitrogen and oxygen atoms in total. The van der Waals surface area contributed by atoms with Crippen LogP contribution in [0.2, 0.25) is 0 Å². The van der Waals surface area contributed by atoms with Crippen LogP contribution in [0.5, 0.6) is 0 Å². The number of carbonyl (C=O) groups excluding carboxylic acids is 2. The lowest BCUT2D eigenvalue weighted by Gasteiger charge is -2.15. The maximum atomic E-state index is 12.5. The molecule has 0 spiro atoms. The first-order valence-electron chi connectivity index (χ1n) is 20.5. The fourth-order valence-corrected chi connectivity index (χ4v) is 4.88. The average Bonchev–Trinajstić information content (AvgIpc) is 3.03. The molecule has 0 rings (SSSR count). The first-order chi connectivity index (χ1) is 23.4. The molecule has 0 amide bonds. The van der Waals surface area contributed by atoms with Crippen molar-refractivity contribution in [2.75, 3.05) is 12.4 Å². The Kier molecular flexibility index (Phi) is 27.6. The van der Waals surface area contributed by atoms with E-state index in [1.807, 2.05) is 0 Å². The number of rotatable bonds is 33. The Bertz CT molecular complexity index is 920. The molecule has 0 bridgehead atoms. The van der Waals surface area contributed by atoms with Crippen LogP contribution in [0, 0.1) is 0 Å². The Hall–Kier alpha value is -1.55. The van der Waals surface area contributed by atoms with Crippen molar-refractivity contribution in [2.45, 2.75) is 187 Å². The maximum Gasteiger partial charge on any atom is 0.306 e. The predicted octanol–water partition coefficient (Wildman–Crippen LogP) is 12.5. The topological polar surface area (TPSA) is 52.6 Å². The normalized spacial score (nSPS) is 15.6. The van der Waals surface area contributed by atoms with Crippen molar-refractivity contribution in [1.82, 2.24) is 0 Å². The van der Waals surface area contributed by atoms with Crippen LogP contribution in [-0.4, -0.2) is 30.4 Å². The van der Waals surface area contributed by atoms with Crippen LogP contribution in [0.1, 0.15) is 188 Å². The number of halogens is 1. The number of carbonyl (C=O) groups is 2. The van der Waals surface area contributed by atoms with Crippen molar-refractivity contribution in [3.8, 4) is 0 Å². The minimum atomic E-state index is -3.29. The minimum absolute atomic E-state index is 0.0844. The van der Waals surface area contributed by atoms with Crippen molar-refractivity contribution in [3.05, 3.63) is 36.5 Å². The van der Waals surface area contributed by atoms with E-state index in [1.165, 1.54) is 57.8 Å². The second-order valence-corrected chi connectivity index (χ2v) is 12.0. The SMILES string of the molecule is [2H]C([2H])(Cl)[C@]([2H])(OC(=O)CCCCCCC/C=C\C/C=C\CCCCC)C([2H])([2H])OC(=O)CCCCCCC/C=C\CCCCCCCC. The van der Waals surface area contributed by atoms with Gasteiger partial charge in [0.25, 0.3) is 0 Å². The molecule has 1 atom stereocenters. The van der Waals surface area contributed by atoms with Crippen LogP contribution in [-0.2, 0) is 19.1 Å². The molecule has 0 heterocycles. The Labute approximate surface area is 284 Å². The largest absolute Gasteiger partial charge is 0.462 e. The highest BCUT2D eigenvalue weighted by Gasteiger charge is 2.16. The number of allylic oxidation sites excluding steroid dienone is 6. The van der Waals surface area contributed by atoms with Crippen molar-refractivity contribution < 1.29 is 25.9 Å². The lowest BCUT2D eigenvalue weighted by atomic mass is 10.1. The minimum Gasteiger partial charge on any atom is -0.462 e. The summed E-state index contributed by atoms with van der Waals surface area (Å²) in [5.74, 6) is -5.03. The Morgan fingerprint density at radius 3 is 1.48 bits per heavy atom. The molecule has 0 aromatic heterocycles. The molecule has 0 aliphatic rings. The van der Waals surface area contributed by atoms with E-state index in [0.717, 1.165) is 83.5 Å². The highest BCUT2D eigenvalue weighted by atomic mass is 35.5. The van der Waals surface area contributed by atoms with E-state index in [2.05, 4.69) is 50.3 Å². The van der Waals surface area contributed by atoms with Gasteiger partial charge < -0.3 is 9.47 Å². The number of unbranched alkanes of at least 4 members (excludes halogenated alkanes) is 19. The third-order valence-electron chi connectivity index (χ3n) is 7.53. The molecule has 0 radical (unpaired) electrons. The van der Waals surface area contributed by atoms with Gasteiger partial charge in [-0.25, -0.2) is 0 Å². The first kappa shape index (κ1) is 33.8. The molecule has 0 saturated carbocycles. The van der Waals surface area contributed by atoms with Gasteiger partial charge >= 0.3 is 11.9 Å². The zero-order chi connectivity index (χ0) is 36.7. The van der Waals surface area contributed by atoms with E-state index in [0.29, 0.717) is 12.8 Å². The van der Waals surface area contributed by atoms with Crippen LogP contribution < -0.4 is 0 Å². The summed E-state index contributed by atoms with van der Waals surface area (Å²) in [7, 11) is 0. The van der Waals surface area contributed by atoms with E-state index in [9.17, 15) is 9.59 Å². The molecule has 5 heteroatoms. The smallest absolute Gasteiger partial charge is 0.306 e. The quantitative estimate of drug-likeness (QED) is 0.0309. The summed E-state index contributed by atoms with van der Waals surface area (Å²) < 4.78 is 50.2. The van der Waals surface area contributed by atoms with Gasteiger partial charge in [0, 0.05) is 15.6 Å². The monoisotopic (exact) mass is 642 g/mol. The van der Waals surface area contributed by atoms with Crippen molar-refractivity contribution in [2.24, 2.45) is 0 Å². The zero-order valence-corrected chi connectivity index (χ0v) is 29.1. The molecule has 0 aliphatic carbocycles. The number of alkyl halides is 1. The summed E-state index contributed by atoms with van der Waals surface area (Å²) in [6.45, 7) is 1.15. The summed E-state index contributed by atoms with van der Waals surface area (Å²) in [5, 5.41) is 0. The second kappa shape index (κ2) is 35.9. The molecule has 0 unspecified atom stereocenters. The lowest BCUT2D eigenvalue weighted by molar-refractivity contribution is -0.157. The number of hydrogen-bond acceptors (Lipinski definition) is 4. The molecule has 44 heavy (non-hydrogen) atoms. The van der Waals surface area contributed by atoms with Gasteiger partial charge in [0.1, 0.15) is 12.6 Å². The molecule has 0 aliphatic heterocycles. The van der Waals surface area contributed by atoms with Gasteiger partial charge in [-0.3, -0.25) is 9.59 Å². The van der Waals surface area contributed by atoms with Crippen molar-refractivity contribution in [1.29, 1.82) is 0 Å². The summed E-state index contributed by atoms with van der Waals surface area (Å²) in [5.41, 5.74) is 0. The molecule has 0 saturated heterocycles. The summed E-state index contributed by atoms with van der Waals surface area (Å²) >= 11 is 5.72. The van der Waals surface area contributed by atoms with Gasteiger partial charge in [-0.05, 0) is 70.6 Å². The summed E-state index contributed by atoms with van der Waals surface area (Å²) in [6, 6.07) is 0. The van der Waals surface area contributed by atoms with Gasteiger partial charge in [0.15, 0.2) is 0 Å². The van der Waals surface area contributed by atoms with E-state index in [4.69, 9.17) is 27.9 Å². The van der Waals surface area contributed by atoms with Gasteiger partial charge in [0.2, 0.25) is 0 Å². The highest BCUT2D eigenvalue weighted by Crippen LogP contribution is 2.12. The Morgan fingerprint density at radius 2 is 0.977 bits per heavy atom. The lowest BCUT2D eigenvalue weighted by Crippen LogP contribution is -2.26. The van der Waals surface area contributed by atoms with E-state index in [1.54, 1.807) is 0 Å². The van der Waals surface area contributed by atoms with Crippen LogP contribution in [0.4, 0.5) is 0 Å². The van der Waals surface area contributed by atoms with E-state index < -0.39 is 30.4 Å². The van der Waals surface area contributed by atoms with E-state index in [-0.39, 0.29) is 12.8 Å². The third-order valence-corrected chi connectivity index (χ3v) is 7.71. The van der Waals surface area contributed by atoms with Crippen molar-refractivity contribution in [3.63, 3.8) is 0 Å². The van der Waals surface area contributed by atoms with Crippen molar-refractivity contribution >= 4 is 23.5 Å². The fraction of sp³-hybridized carbons (Fsp3) is 0.795. The molecule has 0 aromatic rings. The summed E-state index contributed by atoms with van der Waals surface area (Å²) in [4.78, 5) is 24.9. The molecular weight excluding hydrogens is 568 g/mol. The van der Waals surface area contributed by atoms with Crippen LogP contribution in [0.15, 0.2) is 36.5 Å². The standard InChI is InChI=1S/C39H69ClO4/c1-3-5-7-9-11-13-15-17-19-21-23-25-27-29-31-33-38(41)43-36-37(35-40)44-39(42)34-32-30-28-26-24-22-20-18-16-14-12-10-8-6-4-2/h12,14,17-20,37H,3-11,13,15-16,21-36H2,1-2H3/b14-12-,19-17-,20-18-/t37-/m0/s1/i35D2,36D2,37D. The third kappa shape index (κ3) is 33.3. The Balaban J connectivity index is 4.27. The highest BCUT2D eigenvalue weighted by molar-refractivity contribution is 6.18. The predicted molar refractivity (Wildman–Crippen MR) is 190 cm³/mol. The number of ether oxygens (including phenoxy) is 2. The second-order valence-electron chi connectivity index (χ2n) is 11.8. The molecule has 256 valence electrons. The molecule has 0 fully saturated rings. The molecule has 0 N–H and O–H groups in total. The van der Waals surface area contributed by atoms with Gasteiger partial charge in [0.05, 0.1) is 9.94 Å². The fourth-order valence-electron chi connectivity index (χ4n) is 4.80. The average molecular weight is 642 g/mol. The van der Waals surface area contributed by atoms with Crippen LogP contribution in [0.25, 0.3) is 0 Å². The maximum absolute atomic E-state index is 12.5. The van der Waals surface area contributed by atoms with Crippen LogP contribution in [0.3, 0.4) is 0 Å². The summed E-state index contributed by atoms with van der Waals surface area (Å²) in [6.07, 6.45) is 35.3. The number of hydrogen-bond donors (Lipinski definition) is 0. The van der Waals surface area contributed by atoms with E-state index >= 15 is 0 Å². The Morgan fingerprint density at radius 1 is 0.591 bits per heavy atom. The zero-order valence-electron chi connectivity index (χ0n) is 33.4.